The van der Waals surface area contributed by atoms with Crippen LogP contribution >= 0.6 is 0 Å². The number of unbranched alkanes of at least 4 members (excludes halogenated alkanes) is 1. The van der Waals surface area contributed by atoms with Crippen LogP contribution in [0.2, 0.25) is 0 Å². The molecule has 0 saturated carbocycles. The lowest BCUT2D eigenvalue weighted by Crippen LogP contribution is -2.54. The third kappa shape index (κ3) is 7.76. The van der Waals surface area contributed by atoms with Gasteiger partial charge in [-0.3, -0.25) is 29.4 Å². The number of aromatic nitrogens is 2. The quantitative estimate of drug-likeness (QED) is 0.123. The number of carbonyl (C=O) groups excluding carboxylic acids is 4. The lowest BCUT2D eigenvalue weighted by atomic mass is 9.99. The Morgan fingerprint density at radius 3 is 2.65 bits per heavy atom. The molecule has 2 aromatic carbocycles. The second kappa shape index (κ2) is 15.3. The number of aliphatic hydroxyl groups excluding tert-OH is 1. The molecule has 4 heterocycles. The Bertz CT molecular complexity index is 1860. The van der Waals surface area contributed by atoms with Gasteiger partial charge in [-0.25, -0.2) is 9.97 Å². The maximum absolute atomic E-state index is 13.2. The summed E-state index contributed by atoms with van der Waals surface area (Å²) in [5.41, 5.74) is 3.96. The number of imide groups is 2. The topological polar surface area (TPSA) is 160 Å². The van der Waals surface area contributed by atoms with Crippen LogP contribution in [0.4, 0.5) is 5.82 Å². The number of benzene rings is 2. The monoisotopic (exact) mass is 665 g/mol. The van der Waals surface area contributed by atoms with E-state index in [0.717, 1.165) is 51.3 Å². The molecule has 2 aromatic heterocycles. The summed E-state index contributed by atoms with van der Waals surface area (Å²) in [7, 11) is 1.83. The maximum Gasteiger partial charge on any atom is 0.262 e. The van der Waals surface area contributed by atoms with Crippen molar-refractivity contribution >= 4 is 40.3 Å². The van der Waals surface area contributed by atoms with Crippen molar-refractivity contribution in [2.45, 2.75) is 57.1 Å². The number of aryl methyl sites for hydroxylation is 1. The molecule has 2 atom stereocenters. The average molecular weight is 666 g/mol. The summed E-state index contributed by atoms with van der Waals surface area (Å²) in [6, 6.07) is 17.7. The molecule has 3 N–H and O–H groups in total. The van der Waals surface area contributed by atoms with Gasteiger partial charge in [0.1, 0.15) is 24.2 Å². The van der Waals surface area contributed by atoms with Gasteiger partial charge in [-0.2, -0.15) is 0 Å². The number of carbonyl (C=O) groups is 4. The summed E-state index contributed by atoms with van der Waals surface area (Å²) < 4.78 is 11.6. The fourth-order valence-corrected chi connectivity index (χ4v) is 6.17. The van der Waals surface area contributed by atoms with Gasteiger partial charge < -0.3 is 19.9 Å². The number of ether oxygens (including phenoxy) is 2. The molecule has 49 heavy (non-hydrogen) atoms. The molecule has 1 saturated heterocycles. The molecule has 2 aliphatic heterocycles. The number of amides is 4. The standard InChI is InChI=1S/C37H39N5O7/c1-38-32-16-11-25(21-39-32)30-13-10-24-20-27(12-14-29(24)40-30)49-22-26(43)8-2-3-18-48-19-5-7-23-6-4-9-28-34(23)37(47)42(36(28)46)31-15-17-33(44)41-35(31)45/h4,6,9-14,16,20-21,26,31,43H,2-3,5,7-8,15,17-19,22H2,1H3,(H,38,39)(H,41,44,45). The normalized spacial score (nSPS) is 16.5. The van der Waals surface area contributed by atoms with E-state index in [1.165, 1.54) is 0 Å². The number of hydrogen-bond donors (Lipinski definition) is 3. The van der Waals surface area contributed by atoms with Gasteiger partial charge in [0.25, 0.3) is 11.8 Å². The zero-order valence-corrected chi connectivity index (χ0v) is 27.3. The highest BCUT2D eigenvalue weighted by atomic mass is 16.5. The number of anilines is 1. The highest BCUT2D eigenvalue weighted by molar-refractivity contribution is 6.24. The van der Waals surface area contributed by atoms with E-state index >= 15 is 0 Å². The second-order valence-corrected chi connectivity index (χ2v) is 12.2. The minimum atomic E-state index is -0.983. The van der Waals surface area contributed by atoms with Gasteiger partial charge >= 0.3 is 0 Å². The van der Waals surface area contributed by atoms with Crippen molar-refractivity contribution in [1.29, 1.82) is 0 Å². The Labute approximate surface area is 283 Å². The number of rotatable bonds is 15. The van der Waals surface area contributed by atoms with E-state index in [0.29, 0.717) is 43.8 Å². The van der Waals surface area contributed by atoms with Crippen LogP contribution in [0.15, 0.2) is 66.9 Å². The first kappa shape index (κ1) is 33.7. The first-order valence-corrected chi connectivity index (χ1v) is 16.6. The predicted octanol–water partition coefficient (Wildman–Crippen LogP) is 4.30. The third-order valence-corrected chi connectivity index (χ3v) is 8.78. The van der Waals surface area contributed by atoms with E-state index in [9.17, 15) is 24.3 Å². The minimum Gasteiger partial charge on any atom is -0.491 e. The van der Waals surface area contributed by atoms with E-state index in [-0.39, 0.29) is 25.0 Å². The molecule has 4 aromatic rings. The van der Waals surface area contributed by atoms with Crippen LogP contribution in [0.5, 0.6) is 5.75 Å². The van der Waals surface area contributed by atoms with Gasteiger partial charge in [-0.05, 0) is 86.6 Å². The van der Waals surface area contributed by atoms with Crippen molar-refractivity contribution in [3.05, 3.63) is 83.6 Å². The fraction of sp³-hybridized carbons (Fsp3) is 0.351. The largest absolute Gasteiger partial charge is 0.491 e. The van der Waals surface area contributed by atoms with Crippen molar-refractivity contribution in [1.82, 2.24) is 20.2 Å². The molecule has 2 unspecified atom stereocenters. The maximum atomic E-state index is 13.2. The zero-order valence-electron chi connectivity index (χ0n) is 27.3. The number of nitrogens with one attached hydrogen (secondary N) is 2. The van der Waals surface area contributed by atoms with Crippen LogP contribution in [0.3, 0.4) is 0 Å². The van der Waals surface area contributed by atoms with Gasteiger partial charge in [0.05, 0.1) is 28.4 Å². The van der Waals surface area contributed by atoms with Gasteiger partial charge in [0.15, 0.2) is 0 Å². The predicted molar refractivity (Wildman–Crippen MR) is 182 cm³/mol. The van der Waals surface area contributed by atoms with Crippen molar-refractivity contribution in [2.24, 2.45) is 0 Å². The molecule has 12 heteroatoms. The molecule has 2 aliphatic rings. The molecule has 0 aliphatic carbocycles. The van der Waals surface area contributed by atoms with E-state index in [1.807, 2.05) is 55.6 Å². The first-order chi connectivity index (χ1) is 23.8. The summed E-state index contributed by atoms with van der Waals surface area (Å²) in [6.07, 6.45) is 4.71. The lowest BCUT2D eigenvalue weighted by molar-refractivity contribution is -0.136. The number of nitrogens with zero attached hydrogens (tertiary/aromatic N) is 3. The number of pyridine rings is 2. The highest BCUT2D eigenvalue weighted by Crippen LogP contribution is 2.30. The SMILES string of the molecule is CNc1ccc(-c2ccc3cc(OCC(O)CCCCOCCCc4cccc5c4C(=O)N(C4CCC(=O)NC4=O)C5=O)ccc3n2)cn1. The molecule has 0 radical (unpaired) electrons. The molecular formula is C37H39N5O7. The van der Waals surface area contributed by atoms with Crippen LogP contribution in [-0.4, -0.2) is 82.6 Å². The van der Waals surface area contributed by atoms with Crippen molar-refractivity contribution in [3.8, 4) is 17.0 Å². The van der Waals surface area contributed by atoms with E-state index in [1.54, 1.807) is 18.3 Å². The Morgan fingerprint density at radius 1 is 1.00 bits per heavy atom. The number of fused-ring (bicyclic) bond motifs is 2. The van der Waals surface area contributed by atoms with Crippen LogP contribution in [-0.2, 0) is 20.7 Å². The molecule has 0 spiro atoms. The van der Waals surface area contributed by atoms with E-state index in [2.05, 4.69) is 15.6 Å². The van der Waals surface area contributed by atoms with Crippen LogP contribution in [0.1, 0.15) is 64.8 Å². The smallest absolute Gasteiger partial charge is 0.262 e. The lowest BCUT2D eigenvalue weighted by Gasteiger charge is -2.27. The molecule has 254 valence electrons. The molecule has 6 rings (SSSR count). The van der Waals surface area contributed by atoms with Crippen LogP contribution in [0, 0.1) is 0 Å². The van der Waals surface area contributed by atoms with Gasteiger partial charge in [-0.15, -0.1) is 0 Å². The molecule has 0 bridgehead atoms. The number of aliphatic hydroxyl groups is 1. The van der Waals surface area contributed by atoms with E-state index in [4.69, 9.17) is 14.5 Å². The Hall–Kier alpha value is -5.20. The molecular weight excluding hydrogens is 626 g/mol. The molecule has 4 amide bonds. The summed E-state index contributed by atoms with van der Waals surface area (Å²) in [5, 5.41) is 16.6. The molecule has 12 nitrogen and oxygen atoms in total. The first-order valence-electron chi connectivity index (χ1n) is 16.6. The highest BCUT2D eigenvalue weighted by Gasteiger charge is 2.45. The Kier molecular flexibility index (Phi) is 10.6. The third-order valence-electron chi connectivity index (χ3n) is 8.78. The number of hydrogen-bond acceptors (Lipinski definition) is 10. The van der Waals surface area contributed by atoms with E-state index < -0.39 is 35.8 Å². The average Bonchev–Trinajstić information content (AvgIpc) is 3.37. The van der Waals surface area contributed by atoms with Crippen LogP contribution < -0.4 is 15.4 Å². The summed E-state index contributed by atoms with van der Waals surface area (Å²) in [6.45, 7) is 1.20. The zero-order chi connectivity index (χ0) is 34.3. The summed E-state index contributed by atoms with van der Waals surface area (Å²) >= 11 is 0. The number of piperidine rings is 1. The van der Waals surface area contributed by atoms with Gasteiger partial charge in [-0.1, -0.05) is 18.2 Å². The molecule has 1 fully saturated rings. The van der Waals surface area contributed by atoms with Crippen molar-refractivity contribution in [2.75, 3.05) is 32.2 Å². The Balaban J connectivity index is 0.884. The summed E-state index contributed by atoms with van der Waals surface area (Å²) in [4.78, 5) is 60.2. The Morgan fingerprint density at radius 2 is 1.86 bits per heavy atom. The van der Waals surface area contributed by atoms with Crippen molar-refractivity contribution in [3.63, 3.8) is 0 Å². The van der Waals surface area contributed by atoms with Crippen LogP contribution in [0.25, 0.3) is 22.2 Å². The fourth-order valence-electron chi connectivity index (χ4n) is 6.17. The van der Waals surface area contributed by atoms with Gasteiger partial charge in [0, 0.05) is 43.8 Å². The second-order valence-electron chi connectivity index (χ2n) is 12.2. The van der Waals surface area contributed by atoms with Gasteiger partial charge in [0.2, 0.25) is 11.8 Å². The van der Waals surface area contributed by atoms with Crippen molar-refractivity contribution < 1.29 is 33.8 Å². The minimum absolute atomic E-state index is 0.0816. The summed E-state index contributed by atoms with van der Waals surface area (Å²) in [5.74, 6) is -0.559.